The van der Waals surface area contributed by atoms with Gasteiger partial charge in [0.05, 0.1) is 20.3 Å². The summed E-state index contributed by atoms with van der Waals surface area (Å²) in [6.45, 7) is 1.29. The molecule has 172 valence electrons. The lowest BCUT2D eigenvalue weighted by atomic mass is 10.0. The normalized spacial score (nSPS) is 18.4. The van der Waals surface area contributed by atoms with Crippen molar-refractivity contribution in [3.8, 4) is 0 Å². The van der Waals surface area contributed by atoms with Crippen LogP contribution in [0.25, 0.3) is 0 Å². The molecule has 32 heavy (non-hydrogen) atoms. The monoisotopic (exact) mass is 478 g/mol. The molecule has 0 saturated carbocycles. The summed E-state index contributed by atoms with van der Waals surface area (Å²) in [5, 5.41) is 2.64. The molecule has 1 aromatic heterocycles. The number of carbonyl (C=O) groups excluding carboxylic acids is 2. The van der Waals surface area contributed by atoms with Crippen molar-refractivity contribution >= 4 is 38.7 Å². The van der Waals surface area contributed by atoms with Crippen LogP contribution in [0.1, 0.15) is 64.8 Å². The molecule has 2 fully saturated rings. The second-order valence-electron chi connectivity index (χ2n) is 8.39. The summed E-state index contributed by atoms with van der Waals surface area (Å²) in [5.41, 5.74) is -0.110. The van der Waals surface area contributed by atoms with Crippen LogP contribution < -0.4 is 5.56 Å². The molecule has 8 nitrogen and oxygen atoms in total. The number of nitrogens with zero attached hydrogens (tertiary/aromatic N) is 3. The number of piperidine rings is 1. The Morgan fingerprint density at radius 2 is 1.62 bits per heavy atom. The SMILES string of the molecule is Cn1[nH]cc(C(=O)c2ccc(C(=O)N3CCCCC3)c(N=S3(=O)CCCCC3)c2Cl)c1=O. The number of ketones is 1. The van der Waals surface area contributed by atoms with E-state index in [2.05, 4.69) is 9.46 Å². The maximum absolute atomic E-state index is 13.4. The van der Waals surface area contributed by atoms with Gasteiger partial charge in [-0.3, -0.25) is 19.1 Å². The van der Waals surface area contributed by atoms with Crippen molar-refractivity contribution in [1.82, 2.24) is 14.7 Å². The number of benzene rings is 1. The van der Waals surface area contributed by atoms with E-state index in [1.54, 1.807) is 4.90 Å². The number of amides is 1. The number of H-pyrrole nitrogens is 1. The van der Waals surface area contributed by atoms with Crippen molar-refractivity contribution in [2.24, 2.45) is 11.4 Å². The standard InChI is InChI=1S/C22H27ClN4O4S/c1-26-21(29)17(14-24-26)20(28)15-8-9-16(22(30)27-10-4-2-5-11-27)19(18(15)23)25-32(31)12-6-3-7-13-32/h8-9,14,24H,2-7,10-13H2,1H3. The third kappa shape index (κ3) is 4.41. The lowest BCUT2D eigenvalue weighted by Gasteiger charge is -2.27. The number of aromatic amines is 1. The highest BCUT2D eigenvalue weighted by molar-refractivity contribution is 7.93. The number of hydrogen-bond acceptors (Lipinski definition) is 5. The first kappa shape index (κ1) is 22.8. The van der Waals surface area contributed by atoms with Gasteiger partial charge in [-0.25, -0.2) is 4.21 Å². The Balaban J connectivity index is 1.84. The maximum atomic E-state index is 13.4. The Morgan fingerprint density at radius 3 is 2.25 bits per heavy atom. The van der Waals surface area contributed by atoms with Crippen LogP contribution in [0.5, 0.6) is 0 Å². The zero-order valence-electron chi connectivity index (χ0n) is 18.1. The molecule has 2 aliphatic heterocycles. The van der Waals surface area contributed by atoms with Crippen LogP contribution in [0.2, 0.25) is 5.02 Å². The fourth-order valence-corrected chi connectivity index (χ4v) is 6.79. The quantitative estimate of drug-likeness (QED) is 0.679. The number of aromatic nitrogens is 2. The molecule has 0 radical (unpaired) electrons. The number of rotatable bonds is 4. The smallest absolute Gasteiger partial charge is 0.277 e. The molecular formula is C22H27ClN4O4S. The van der Waals surface area contributed by atoms with E-state index in [0.29, 0.717) is 24.6 Å². The average molecular weight is 479 g/mol. The van der Waals surface area contributed by atoms with E-state index in [1.165, 1.54) is 30.1 Å². The van der Waals surface area contributed by atoms with Gasteiger partial charge in [0.2, 0.25) is 5.78 Å². The molecule has 0 spiro atoms. The molecule has 2 aliphatic rings. The number of aryl methyl sites for hydroxylation is 1. The molecule has 2 aromatic rings. The lowest BCUT2D eigenvalue weighted by molar-refractivity contribution is 0.0725. The third-order valence-corrected chi connectivity index (χ3v) is 8.85. The Bertz CT molecular complexity index is 1220. The first-order chi connectivity index (χ1) is 15.3. The molecule has 1 N–H and O–H groups in total. The highest BCUT2D eigenvalue weighted by Crippen LogP contribution is 2.36. The Kier molecular flexibility index (Phi) is 6.57. The highest BCUT2D eigenvalue weighted by atomic mass is 35.5. The number of hydrogen-bond donors (Lipinski definition) is 1. The van der Waals surface area contributed by atoms with Gasteiger partial charge in [0, 0.05) is 43.4 Å². The summed E-state index contributed by atoms with van der Waals surface area (Å²) in [4.78, 5) is 40.4. The predicted octanol–water partition coefficient (Wildman–Crippen LogP) is 3.51. The number of carbonyl (C=O) groups is 2. The maximum Gasteiger partial charge on any atom is 0.277 e. The number of likely N-dealkylation sites (tertiary alicyclic amines) is 1. The van der Waals surface area contributed by atoms with E-state index in [1.807, 2.05) is 0 Å². The van der Waals surface area contributed by atoms with Gasteiger partial charge in [-0.05, 0) is 44.2 Å². The van der Waals surface area contributed by atoms with Gasteiger partial charge in [-0.2, -0.15) is 4.36 Å². The Labute approximate surface area is 192 Å². The van der Waals surface area contributed by atoms with E-state index < -0.39 is 21.1 Å². The molecule has 0 atom stereocenters. The second-order valence-corrected chi connectivity index (χ2v) is 11.3. The fourth-order valence-electron chi connectivity index (χ4n) is 4.23. The van der Waals surface area contributed by atoms with Gasteiger partial charge in [0.15, 0.2) is 0 Å². The second kappa shape index (κ2) is 9.23. The van der Waals surface area contributed by atoms with E-state index in [9.17, 15) is 18.6 Å². The molecule has 0 bridgehead atoms. The molecule has 0 aliphatic carbocycles. The molecule has 0 unspecified atom stereocenters. The molecule has 3 heterocycles. The minimum absolute atomic E-state index is 0.0330. The molecular weight excluding hydrogens is 452 g/mol. The van der Waals surface area contributed by atoms with Gasteiger partial charge in [-0.1, -0.05) is 18.0 Å². The fraction of sp³-hybridized carbons (Fsp3) is 0.500. The Hall–Kier alpha value is -2.39. The number of halogens is 1. The first-order valence-corrected chi connectivity index (χ1v) is 13.2. The van der Waals surface area contributed by atoms with Crippen LogP contribution in [-0.4, -0.2) is 55.2 Å². The van der Waals surface area contributed by atoms with Crippen LogP contribution in [0.3, 0.4) is 0 Å². The minimum atomic E-state index is -2.58. The zero-order valence-corrected chi connectivity index (χ0v) is 19.6. The van der Waals surface area contributed by atoms with E-state index in [4.69, 9.17) is 11.6 Å². The van der Waals surface area contributed by atoms with Crippen molar-refractivity contribution in [3.63, 3.8) is 0 Å². The van der Waals surface area contributed by atoms with Gasteiger partial charge in [0.25, 0.3) is 11.5 Å². The Morgan fingerprint density at radius 1 is 1.00 bits per heavy atom. The summed E-state index contributed by atoms with van der Waals surface area (Å²) in [5.74, 6) is 0.0959. The van der Waals surface area contributed by atoms with Gasteiger partial charge in [-0.15, -0.1) is 0 Å². The largest absolute Gasteiger partial charge is 0.339 e. The summed E-state index contributed by atoms with van der Waals surface area (Å²) < 4.78 is 19.1. The van der Waals surface area contributed by atoms with Crippen LogP contribution in [0.4, 0.5) is 5.69 Å². The van der Waals surface area contributed by atoms with Crippen LogP contribution in [0, 0.1) is 0 Å². The van der Waals surface area contributed by atoms with Crippen LogP contribution in [-0.2, 0) is 16.8 Å². The van der Waals surface area contributed by atoms with E-state index >= 15 is 0 Å². The van der Waals surface area contributed by atoms with Crippen molar-refractivity contribution in [2.75, 3.05) is 24.6 Å². The van der Waals surface area contributed by atoms with Crippen molar-refractivity contribution < 1.29 is 13.8 Å². The van der Waals surface area contributed by atoms with Crippen molar-refractivity contribution in [3.05, 3.63) is 50.4 Å². The molecule has 2 saturated heterocycles. The predicted molar refractivity (Wildman–Crippen MR) is 124 cm³/mol. The zero-order chi connectivity index (χ0) is 22.9. The first-order valence-electron chi connectivity index (χ1n) is 10.9. The van der Waals surface area contributed by atoms with Crippen LogP contribution >= 0.6 is 11.6 Å². The molecule has 1 aromatic carbocycles. The summed E-state index contributed by atoms with van der Waals surface area (Å²) >= 11 is 6.65. The topological polar surface area (TPSA) is 105 Å². The summed E-state index contributed by atoms with van der Waals surface area (Å²) in [6.07, 6.45) is 6.85. The summed E-state index contributed by atoms with van der Waals surface area (Å²) in [7, 11) is -1.07. The van der Waals surface area contributed by atoms with Crippen molar-refractivity contribution in [2.45, 2.75) is 38.5 Å². The molecule has 4 rings (SSSR count). The van der Waals surface area contributed by atoms with Crippen molar-refractivity contribution in [1.29, 1.82) is 0 Å². The summed E-state index contributed by atoms with van der Waals surface area (Å²) in [6, 6.07) is 2.98. The van der Waals surface area contributed by atoms with E-state index in [0.717, 1.165) is 38.5 Å². The van der Waals surface area contributed by atoms with Gasteiger partial charge >= 0.3 is 0 Å². The average Bonchev–Trinajstić information content (AvgIpc) is 3.13. The lowest BCUT2D eigenvalue weighted by Crippen LogP contribution is -2.35. The van der Waals surface area contributed by atoms with Gasteiger partial charge in [0.1, 0.15) is 11.3 Å². The van der Waals surface area contributed by atoms with Gasteiger partial charge < -0.3 is 10.00 Å². The third-order valence-electron chi connectivity index (χ3n) is 6.10. The van der Waals surface area contributed by atoms with E-state index in [-0.39, 0.29) is 33.3 Å². The molecule has 1 amide bonds. The number of nitrogens with one attached hydrogen (secondary N) is 1. The highest BCUT2D eigenvalue weighted by Gasteiger charge is 2.28. The minimum Gasteiger partial charge on any atom is -0.339 e. The van der Waals surface area contributed by atoms with Crippen LogP contribution in [0.15, 0.2) is 27.5 Å². The molecule has 10 heteroatoms.